The van der Waals surface area contributed by atoms with Gasteiger partial charge >= 0.3 is 0 Å². The van der Waals surface area contributed by atoms with E-state index in [0.717, 1.165) is 18.9 Å². The normalized spacial score (nSPS) is 16.1. The van der Waals surface area contributed by atoms with Gasteiger partial charge in [0.2, 0.25) is 0 Å². The van der Waals surface area contributed by atoms with Crippen LogP contribution in [-0.2, 0) is 5.41 Å². The summed E-state index contributed by atoms with van der Waals surface area (Å²) in [5.74, 6) is 1.12. The number of hydrogen-bond acceptors (Lipinski definition) is 2. The molecule has 0 amide bonds. The van der Waals surface area contributed by atoms with Gasteiger partial charge in [-0.05, 0) is 26.3 Å². The molecule has 0 radical (unpaired) electrons. The first-order chi connectivity index (χ1) is 7.10. The van der Waals surface area contributed by atoms with Gasteiger partial charge in [0.1, 0.15) is 5.84 Å². The second-order valence-corrected chi connectivity index (χ2v) is 4.65. The van der Waals surface area contributed by atoms with E-state index in [9.17, 15) is 0 Å². The predicted octanol–water partition coefficient (Wildman–Crippen LogP) is 2.27. The van der Waals surface area contributed by atoms with Gasteiger partial charge in [-0.2, -0.15) is 0 Å². The third kappa shape index (κ3) is 1.89. The highest BCUT2D eigenvalue weighted by Crippen LogP contribution is 2.25. The van der Waals surface area contributed by atoms with E-state index in [1.807, 2.05) is 0 Å². The van der Waals surface area contributed by atoms with Crippen molar-refractivity contribution >= 4 is 5.84 Å². The summed E-state index contributed by atoms with van der Waals surface area (Å²) in [6.45, 7) is 8.45. The highest BCUT2D eigenvalue weighted by molar-refractivity contribution is 5.93. The highest BCUT2D eigenvalue weighted by atomic mass is 15.1. The molecule has 0 spiro atoms. The Morgan fingerprint density at radius 1 is 1.33 bits per heavy atom. The summed E-state index contributed by atoms with van der Waals surface area (Å²) in [6.07, 6.45) is 0. The Kier molecular flexibility index (Phi) is 2.51. The Morgan fingerprint density at radius 2 is 2.13 bits per heavy atom. The fraction of sp³-hybridized carbons (Fsp3) is 0.462. The zero-order valence-electron chi connectivity index (χ0n) is 9.67. The minimum atomic E-state index is 0.00250. The molecule has 2 nitrogen and oxygen atoms in total. The SMILES string of the molecule is Cc1cccc(C(C)(C)C2=NCCN2)c1. The first kappa shape index (κ1) is 10.2. The standard InChI is InChI=1S/C13H18N2/c1-10-5-4-6-11(9-10)13(2,3)12-14-7-8-15-12/h4-6,9H,7-8H2,1-3H3,(H,14,15). The maximum absolute atomic E-state index is 4.52. The zero-order chi connectivity index (χ0) is 10.9. The largest absolute Gasteiger partial charge is 0.371 e. The first-order valence-electron chi connectivity index (χ1n) is 5.46. The number of aliphatic imine (C=N–C) groups is 1. The second kappa shape index (κ2) is 3.69. The van der Waals surface area contributed by atoms with Crippen LogP contribution < -0.4 is 5.32 Å². The molecule has 1 heterocycles. The average molecular weight is 202 g/mol. The van der Waals surface area contributed by atoms with Crippen LogP contribution in [0.5, 0.6) is 0 Å². The van der Waals surface area contributed by atoms with Gasteiger partial charge in [0.05, 0.1) is 6.54 Å². The first-order valence-corrected chi connectivity index (χ1v) is 5.46. The van der Waals surface area contributed by atoms with Crippen molar-refractivity contribution in [3.8, 4) is 0 Å². The van der Waals surface area contributed by atoms with E-state index in [2.05, 4.69) is 55.3 Å². The molecule has 15 heavy (non-hydrogen) atoms. The van der Waals surface area contributed by atoms with Gasteiger partial charge in [-0.3, -0.25) is 4.99 Å². The third-order valence-corrected chi connectivity index (χ3v) is 3.01. The molecular weight excluding hydrogens is 184 g/mol. The van der Waals surface area contributed by atoms with Crippen molar-refractivity contribution < 1.29 is 0 Å². The topological polar surface area (TPSA) is 24.4 Å². The quantitative estimate of drug-likeness (QED) is 0.781. The number of amidine groups is 1. The van der Waals surface area contributed by atoms with Gasteiger partial charge in [0.15, 0.2) is 0 Å². The van der Waals surface area contributed by atoms with Crippen molar-refractivity contribution in [1.82, 2.24) is 5.32 Å². The van der Waals surface area contributed by atoms with Crippen molar-refractivity contribution in [3.05, 3.63) is 35.4 Å². The second-order valence-electron chi connectivity index (χ2n) is 4.65. The Labute approximate surface area is 91.4 Å². The summed E-state index contributed by atoms with van der Waals surface area (Å²) in [7, 11) is 0. The van der Waals surface area contributed by atoms with E-state index in [1.165, 1.54) is 11.1 Å². The summed E-state index contributed by atoms with van der Waals surface area (Å²) >= 11 is 0. The van der Waals surface area contributed by atoms with Gasteiger partial charge < -0.3 is 5.32 Å². The summed E-state index contributed by atoms with van der Waals surface area (Å²) in [4.78, 5) is 4.52. The maximum atomic E-state index is 4.52. The van der Waals surface area contributed by atoms with E-state index >= 15 is 0 Å². The lowest BCUT2D eigenvalue weighted by Crippen LogP contribution is -2.37. The minimum absolute atomic E-state index is 0.00250. The fourth-order valence-electron chi connectivity index (χ4n) is 1.99. The number of aryl methyl sites for hydroxylation is 1. The molecule has 0 aliphatic carbocycles. The lowest BCUT2D eigenvalue weighted by Gasteiger charge is -2.26. The summed E-state index contributed by atoms with van der Waals surface area (Å²) < 4.78 is 0. The van der Waals surface area contributed by atoms with Crippen LogP contribution >= 0.6 is 0 Å². The molecule has 0 aromatic heterocycles. The van der Waals surface area contributed by atoms with Crippen molar-refractivity contribution in [2.75, 3.05) is 13.1 Å². The van der Waals surface area contributed by atoms with E-state index in [0.29, 0.717) is 0 Å². The molecule has 2 heteroatoms. The van der Waals surface area contributed by atoms with Crippen molar-refractivity contribution in [3.63, 3.8) is 0 Å². The van der Waals surface area contributed by atoms with Gasteiger partial charge in [-0.15, -0.1) is 0 Å². The van der Waals surface area contributed by atoms with Crippen LogP contribution in [0.25, 0.3) is 0 Å². The lowest BCUT2D eigenvalue weighted by atomic mass is 9.82. The molecular formula is C13H18N2. The Morgan fingerprint density at radius 3 is 2.73 bits per heavy atom. The number of hydrogen-bond donors (Lipinski definition) is 1. The van der Waals surface area contributed by atoms with Crippen molar-refractivity contribution in [2.24, 2.45) is 4.99 Å². The number of nitrogens with zero attached hydrogens (tertiary/aromatic N) is 1. The Bertz CT molecular complexity index is 391. The van der Waals surface area contributed by atoms with E-state index in [1.54, 1.807) is 0 Å². The number of nitrogens with one attached hydrogen (secondary N) is 1. The molecule has 1 aromatic rings. The molecule has 0 bridgehead atoms. The molecule has 0 saturated heterocycles. The van der Waals surface area contributed by atoms with E-state index in [-0.39, 0.29) is 5.41 Å². The van der Waals surface area contributed by atoms with E-state index in [4.69, 9.17) is 0 Å². The van der Waals surface area contributed by atoms with Crippen molar-refractivity contribution in [1.29, 1.82) is 0 Å². The molecule has 1 aliphatic rings. The summed E-state index contributed by atoms with van der Waals surface area (Å²) in [6, 6.07) is 8.66. The monoisotopic (exact) mass is 202 g/mol. The molecule has 2 rings (SSSR count). The third-order valence-electron chi connectivity index (χ3n) is 3.01. The highest BCUT2D eigenvalue weighted by Gasteiger charge is 2.28. The molecule has 1 aliphatic heterocycles. The smallest absolute Gasteiger partial charge is 0.107 e. The lowest BCUT2D eigenvalue weighted by molar-refractivity contribution is 0.694. The molecule has 80 valence electrons. The predicted molar refractivity (Wildman–Crippen MR) is 64.5 cm³/mol. The Balaban J connectivity index is 2.36. The zero-order valence-corrected chi connectivity index (χ0v) is 9.67. The van der Waals surface area contributed by atoms with Gasteiger partial charge in [-0.1, -0.05) is 29.8 Å². The molecule has 1 aromatic carbocycles. The molecule has 0 fully saturated rings. The van der Waals surface area contributed by atoms with E-state index < -0.39 is 0 Å². The Hall–Kier alpha value is -1.31. The maximum Gasteiger partial charge on any atom is 0.107 e. The van der Waals surface area contributed by atoms with Crippen LogP contribution in [0.1, 0.15) is 25.0 Å². The fourth-order valence-corrected chi connectivity index (χ4v) is 1.99. The summed E-state index contributed by atoms with van der Waals surface area (Å²) in [5, 5.41) is 3.36. The van der Waals surface area contributed by atoms with Gasteiger partial charge in [0, 0.05) is 12.0 Å². The van der Waals surface area contributed by atoms with Gasteiger partial charge in [0.25, 0.3) is 0 Å². The molecule has 1 N–H and O–H groups in total. The van der Waals surface area contributed by atoms with Crippen LogP contribution in [0.2, 0.25) is 0 Å². The van der Waals surface area contributed by atoms with Gasteiger partial charge in [-0.25, -0.2) is 0 Å². The number of rotatable bonds is 2. The number of benzene rings is 1. The average Bonchev–Trinajstić information content (AvgIpc) is 2.71. The molecule has 0 saturated carbocycles. The van der Waals surface area contributed by atoms with Crippen LogP contribution in [0.15, 0.2) is 29.3 Å². The van der Waals surface area contributed by atoms with Crippen molar-refractivity contribution in [2.45, 2.75) is 26.2 Å². The van der Waals surface area contributed by atoms with Crippen LogP contribution in [0.3, 0.4) is 0 Å². The molecule has 0 unspecified atom stereocenters. The summed E-state index contributed by atoms with van der Waals surface area (Å²) in [5.41, 5.74) is 2.64. The molecule has 0 atom stereocenters. The van der Waals surface area contributed by atoms with Crippen LogP contribution in [0, 0.1) is 6.92 Å². The minimum Gasteiger partial charge on any atom is -0.371 e. The van der Waals surface area contributed by atoms with Crippen LogP contribution in [-0.4, -0.2) is 18.9 Å². The van der Waals surface area contributed by atoms with Crippen LogP contribution in [0.4, 0.5) is 0 Å².